The summed E-state index contributed by atoms with van der Waals surface area (Å²) >= 11 is 0. The summed E-state index contributed by atoms with van der Waals surface area (Å²) < 4.78 is 5.24. The minimum absolute atomic E-state index is 0.182. The van der Waals surface area contributed by atoms with Crippen molar-refractivity contribution in [3.63, 3.8) is 0 Å². The van der Waals surface area contributed by atoms with Crippen LogP contribution in [0.4, 0.5) is 4.79 Å². The number of aliphatic imine (C=N–C) groups is 1. The molecule has 154 valence electrons. The van der Waals surface area contributed by atoms with E-state index in [1.54, 1.807) is 18.5 Å². The minimum Gasteiger partial charge on any atom is -0.444 e. The van der Waals surface area contributed by atoms with Crippen LogP contribution in [-0.4, -0.2) is 32.0 Å². The van der Waals surface area contributed by atoms with Gasteiger partial charge in [-0.2, -0.15) is 0 Å². The summed E-state index contributed by atoms with van der Waals surface area (Å²) in [4.78, 5) is 15.9. The Bertz CT molecular complexity index is 826. The monoisotopic (exact) mass is 394 g/mol. The Labute approximate surface area is 172 Å². The molecule has 3 aliphatic rings. The summed E-state index contributed by atoms with van der Waals surface area (Å²) in [6, 6.07) is 0. The number of rotatable bonds is 7. The lowest BCUT2D eigenvalue weighted by Gasteiger charge is -2.25. The molecule has 6 nitrogen and oxygen atoms in total. The van der Waals surface area contributed by atoms with Crippen molar-refractivity contribution in [2.24, 2.45) is 22.6 Å². The number of ether oxygens (including phenoxy) is 1. The Morgan fingerprint density at radius 1 is 1.38 bits per heavy atom. The van der Waals surface area contributed by atoms with E-state index in [2.05, 4.69) is 46.5 Å². The molecule has 0 bridgehead atoms. The quantitative estimate of drug-likeness (QED) is 0.456. The van der Waals surface area contributed by atoms with Crippen LogP contribution in [0, 0.1) is 11.8 Å². The lowest BCUT2D eigenvalue weighted by atomic mass is 9.89. The molecule has 3 rings (SSSR count). The van der Waals surface area contributed by atoms with Gasteiger partial charge in [-0.1, -0.05) is 36.5 Å². The van der Waals surface area contributed by atoms with Crippen LogP contribution in [0.5, 0.6) is 0 Å². The van der Waals surface area contributed by atoms with Crippen LogP contribution in [0.1, 0.15) is 32.6 Å². The highest BCUT2D eigenvalue weighted by Gasteiger charge is 2.17. The number of amides is 1. The van der Waals surface area contributed by atoms with Gasteiger partial charge >= 0.3 is 6.09 Å². The fourth-order valence-corrected chi connectivity index (χ4v) is 3.49. The molecule has 2 aliphatic carbocycles. The van der Waals surface area contributed by atoms with Crippen LogP contribution >= 0.6 is 0 Å². The molecule has 2 unspecified atom stereocenters. The van der Waals surface area contributed by atoms with Crippen LogP contribution in [0.15, 0.2) is 69.8 Å². The maximum Gasteiger partial charge on any atom is 0.407 e. The number of carbonyl (C=O) groups excluding carboxylic acids is 1. The fraction of sp³-hybridized carbons (Fsp3) is 0.435. The molecule has 2 atom stereocenters. The second-order valence-electron chi connectivity index (χ2n) is 7.72. The van der Waals surface area contributed by atoms with Crippen molar-refractivity contribution in [3.8, 4) is 0 Å². The van der Waals surface area contributed by atoms with Gasteiger partial charge in [0, 0.05) is 24.9 Å². The SMILES string of the molecule is CC1C=C(N)C(NCC2CC=C(CNC(=O)OCC3=C=CN=CC=C3)CC2)=CC1. The predicted molar refractivity (Wildman–Crippen MR) is 116 cm³/mol. The molecule has 0 saturated heterocycles. The third-order valence-electron chi connectivity index (χ3n) is 5.28. The second-order valence-corrected chi connectivity index (χ2v) is 7.72. The average molecular weight is 395 g/mol. The van der Waals surface area contributed by atoms with Gasteiger partial charge in [-0.3, -0.25) is 4.99 Å². The summed E-state index contributed by atoms with van der Waals surface area (Å²) in [6.07, 6.45) is 17.1. The van der Waals surface area contributed by atoms with Crippen LogP contribution in [0.25, 0.3) is 0 Å². The van der Waals surface area contributed by atoms with E-state index in [0.29, 0.717) is 18.4 Å². The molecule has 0 aromatic rings. The molecule has 1 aliphatic heterocycles. The average Bonchev–Trinajstić information content (AvgIpc) is 3.00. The lowest BCUT2D eigenvalue weighted by Crippen LogP contribution is -2.30. The molecule has 0 radical (unpaired) electrons. The third-order valence-corrected chi connectivity index (χ3v) is 5.28. The largest absolute Gasteiger partial charge is 0.444 e. The maximum absolute atomic E-state index is 11.9. The van der Waals surface area contributed by atoms with Gasteiger partial charge in [0.25, 0.3) is 0 Å². The predicted octanol–water partition coefficient (Wildman–Crippen LogP) is 3.47. The van der Waals surface area contributed by atoms with Gasteiger partial charge in [0.2, 0.25) is 0 Å². The first kappa shape index (κ1) is 20.7. The first-order valence-corrected chi connectivity index (χ1v) is 10.2. The van der Waals surface area contributed by atoms with Crippen molar-refractivity contribution in [3.05, 3.63) is 64.9 Å². The van der Waals surface area contributed by atoms with Crippen LogP contribution in [0.2, 0.25) is 0 Å². The van der Waals surface area contributed by atoms with E-state index < -0.39 is 6.09 Å². The zero-order valence-corrected chi connectivity index (χ0v) is 17.0. The number of nitrogens with two attached hydrogens (primary N) is 1. The number of alkyl carbamates (subject to hydrolysis) is 1. The van der Waals surface area contributed by atoms with Crippen LogP contribution < -0.4 is 16.4 Å². The first-order chi connectivity index (χ1) is 14.1. The van der Waals surface area contributed by atoms with Gasteiger partial charge in [0.05, 0.1) is 17.6 Å². The van der Waals surface area contributed by atoms with E-state index in [9.17, 15) is 4.79 Å². The highest BCUT2D eigenvalue weighted by molar-refractivity contribution is 5.73. The molecule has 6 heteroatoms. The Balaban J connectivity index is 1.34. The van der Waals surface area contributed by atoms with Gasteiger partial charge < -0.3 is 21.1 Å². The van der Waals surface area contributed by atoms with E-state index in [1.807, 2.05) is 6.08 Å². The van der Waals surface area contributed by atoms with Crippen molar-refractivity contribution in [1.82, 2.24) is 10.6 Å². The highest BCUT2D eigenvalue weighted by atomic mass is 16.5. The molecular weight excluding hydrogens is 364 g/mol. The molecule has 1 amide bonds. The molecule has 0 aromatic heterocycles. The van der Waals surface area contributed by atoms with Crippen molar-refractivity contribution < 1.29 is 9.53 Å². The minimum atomic E-state index is -0.414. The summed E-state index contributed by atoms with van der Waals surface area (Å²) in [5.74, 6) is 1.10. The summed E-state index contributed by atoms with van der Waals surface area (Å²) in [5.41, 5.74) is 13.0. The molecule has 29 heavy (non-hydrogen) atoms. The number of nitrogens with zero attached hydrogens (tertiary/aromatic N) is 1. The Kier molecular flexibility index (Phi) is 7.54. The molecular formula is C23H30N4O2. The summed E-state index contributed by atoms with van der Waals surface area (Å²) in [7, 11) is 0. The molecule has 4 N–H and O–H groups in total. The summed E-state index contributed by atoms with van der Waals surface area (Å²) in [6.45, 7) is 3.82. The normalized spacial score (nSPS) is 23.3. The van der Waals surface area contributed by atoms with Crippen molar-refractivity contribution >= 4 is 12.3 Å². The molecule has 0 aromatic carbocycles. The standard InChI is InChI=1S/C23H30N4O2/c1-17-4-9-22(21(24)13-17)26-14-18-5-7-19(8-6-18)15-27-23(28)29-16-20-3-2-11-25-12-10-20/h2-3,7,9,11-13,17-18,26H,4-6,8,14-16,24H2,1H3,(H,27,28). The van der Waals surface area contributed by atoms with Crippen LogP contribution in [-0.2, 0) is 4.74 Å². The second kappa shape index (κ2) is 10.5. The molecule has 1 heterocycles. The van der Waals surface area contributed by atoms with Gasteiger partial charge in [0.1, 0.15) is 6.61 Å². The van der Waals surface area contributed by atoms with Crippen molar-refractivity contribution in [2.75, 3.05) is 19.7 Å². The van der Waals surface area contributed by atoms with E-state index in [4.69, 9.17) is 10.5 Å². The molecule has 0 saturated carbocycles. The number of hydrogen-bond acceptors (Lipinski definition) is 5. The number of nitrogens with one attached hydrogen (secondary N) is 2. The topological polar surface area (TPSA) is 88.7 Å². The van der Waals surface area contributed by atoms with E-state index in [0.717, 1.165) is 49.2 Å². The first-order valence-electron chi connectivity index (χ1n) is 10.2. The fourth-order valence-electron chi connectivity index (χ4n) is 3.49. The zero-order chi connectivity index (χ0) is 20.5. The van der Waals surface area contributed by atoms with Crippen molar-refractivity contribution in [1.29, 1.82) is 0 Å². The number of allylic oxidation sites excluding steroid dienone is 4. The Morgan fingerprint density at radius 3 is 3.07 bits per heavy atom. The highest BCUT2D eigenvalue weighted by Crippen LogP contribution is 2.24. The third kappa shape index (κ3) is 6.84. The van der Waals surface area contributed by atoms with Gasteiger partial charge in [0.15, 0.2) is 0 Å². The van der Waals surface area contributed by atoms with Crippen LogP contribution in [0.3, 0.4) is 0 Å². The summed E-state index contributed by atoms with van der Waals surface area (Å²) in [5, 5.41) is 6.33. The van der Waals surface area contributed by atoms with Gasteiger partial charge in [-0.05, 0) is 49.7 Å². The Hall–Kier alpha value is -2.98. The lowest BCUT2D eigenvalue weighted by molar-refractivity contribution is 0.157. The smallest absolute Gasteiger partial charge is 0.407 e. The van der Waals surface area contributed by atoms with E-state index in [-0.39, 0.29) is 6.61 Å². The van der Waals surface area contributed by atoms with Gasteiger partial charge in [-0.25, -0.2) is 4.79 Å². The Morgan fingerprint density at radius 2 is 2.28 bits per heavy atom. The van der Waals surface area contributed by atoms with Gasteiger partial charge in [-0.15, -0.1) is 0 Å². The maximum atomic E-state index is 11.9. The van der Waals surface area contributed by atoms with Crippen molar-refractivity contribution in [2.45, 2.75) is 32.6 Å². The molecule has 0 spiro atoms. The molecule has 0 fully saturated rings. The number of carbonyl (C=O) groups is 1. The zero-order valence-electron chi connectivity index (χ0n) is 17.0. The number of hydrogen-bond donors (Lipinski definition) is 3. The van der Waals surface area contributed by atoms with E-state index in [1.165, 1.54) is 5.57 Å². The van der Waals surface area contributed by atoms with E-state index >= 15 is 0 Å².